The smallest absolute Gasteiger partial charge is 0.295 e. The standard InChI is InChI=1S/C18H28O3/c1-6-8-10-13-14(9-7-2)16(18(3,4)5)12-11-15(13)17(19)21-20/h11-12,20H,6-10H2,1-5H3. The minimum atomic E-state index is -0.654. The highest BCUT2D eigenvalue weighted by Crippen LogP contribution is 2.32. The molecule has 118 valence electrons. The van der Waals surface area contributed by atoms with Crippen molar-refractivity contribution < 1.29 is 14.9 Å². The monoisotopic (exact) mass is 292 g/mol. The van der Waals surface area contributed by atoms with Gasteiger partial charge in [-0.3, -0.25) is 4.89 Å². The van der Waals surface area contributed by atoms with Crippen molar-refractivity contribution in [3.8, 4) is 0 Å². The second-order valence-electron chi connectivity index (χ2n) is 6.60. The topological polar surface area (TPSA) is 46.5 Å². The van der Waals surface area contributed by atoms with Crippen LogP contribution >= 0.6 is 0 Å². The van der Waals surface area contributed by atoms with E-state index in [4.69, 9.17) is 5.26 Å². The largest absolute Gasteiger partial charge is 0.373 e. The molecule has 0 amide bonds. The maximum absolute atomic E-state index is 11.8. The summed E-state index contributed by atoms with van der Waals surface area (Å²) in [5.74, 6) is -0.654. The minimum Gasteiger partial charge on any atom is -0.295 e. The zero-order valence-electron chi connectivity index (χ0n) is 14.0. The van der Waals surface area contributed by atoms with Crippen LogP contribution < -0.4 is 0 Å². The fraction of sp³-hybridized carbons (Fsp3) is 0.611. The van der Waals surface area contributed by atoms with Crippen molar-refractivity contribution >= 4 is 5.97 Å². The van der Waals surface area contributed by atoms with Gasteiger partial charge in [0.2, 0.25) is 0 Å². The van der Waals surface area contributed by atoms with Crippen LogP contribution in [0.4, 0.5) is 0 Å². The second-order valence-corrected chi connectivity index (χ2v) is 6.60. The van der Waals surface area contributed by atoms with E-state index in [1.165, 1.54) is 11.1 Å². The van der Waals surface area contributed by atoms with Crippen LogP contribution in [0.1, 0.15) is 80.9 Å². The van der Waals surface area contributed by atoms with E-state index in [1.807, 2.05) is 6.07 Å². The van der Waals surface area contributed by atoms with Crippen molar-refractivity contribution in [2.75, 3.05) is 0 Å². The van der Waals surface area contributed by atoms with Crippen LogP contribution in [0.15, 0.2) is 12.1 Å². The maximum atomic E-state index is 11.8. The van der Waals surface area contributed by atoms with Crippen LogP contribution in [0.25, 0.3) is 0 Å². The van der Waals surface area contributed by atoms with Gasteiger partial charge in [-0.25, -0.2) is 4.79 Å². The summed E-state index contributed by atoms with van der Waals surface area (Å²) in [6, 6.07) is 3.80. The Labute approximate surface area is 128 Å². The van der Waals surface area contributed by atoms with Crippen LogP contribution in [0.5, 0.6) is 0 Å². The molecule has 1 aromatic carbocycles. The van der Waals surface area contributed by atoms with Gasteiger partial charge in [0.1, 0.15) is 0 Å². The second kappa shape index (κ2) is 7.60. The van der Waals surface area contributed by atoms with Gasteiger partial charge in [0.25, 0.3) is 0 Å². The van der Waals surface area contributed by atoms with Crippen molar-refractivity contribution in [3.63, 3.8) is 0 Å². The molecule has 0 heterocycles. The average molecular weight is 292 g/mol. The van der Waals surface area contributed by atoms with Crippen molar-refractivity contribution in [1.29, 1.82) is 0 Å². The molecule has 3 heteroatoms. The van der Waals surface area contributed by atoms with Crippen molar-refractivity contribution in [3.05, 3.63) is 34.4 Å². The third kappa shape index (κ3) is 4.31. The summed E-state index contributed by atoms with van der Waals surface area (Å²) in [4.78, 5) is 15.8. The molecule has 21 heavy (non-hydrogen) atoms. The van der Waals surface area contributed by atoms with E-state index in [9.17, 15) is 4.79 Å². The van der Waals surface area contributed by atoms with E-state index in [0.717, 1.165) is 37.7 Å². The first kappa shape index (κ1) is 17.7. The van der Waals surface area contributed by atoms with Gasteiger partial charge in [0.05, 0.1) is 5.56 Å². The summed E-state index contributed by atoms with van der Waals surface area (Å²) in [6.07, 6.45) is 4.91. The van der Waals surface area contributed by atoms with E-state index < -0.39 is 5.97 Å². The maximum Gasteiger partial charge on any atom is 0.373 e. The Hall–Kier alpha value is -1.35. The van der Waals surface area contributed by atoms with Crippen LogP contribution in [0.3, 0.4) is 0 Å². The molecule has 0 radical (unpaired) electrons. The number of benzene rings is 1. The number of unbranched alkanes of at least 4 members (excludes halogenated alkanes) is 1. The molecular formula is C18H28O3. The van der Waals surface area contributed by atoms with Gasteiger partial charge in [-0.1, -0.05) is 53.5 Å². The average Bonchev–Trinajstić information content (AvgIpc) is 2.43. The highest BCUT2D eigenvalue weighted by molar-refractivity contribution is 5.91. The first-order chi connectivity index (χ1) is 9.86. The molecule has 1 aromatic rings. The minimum absolute atomic E-state index is 0.0348. The van der Waals surface area contributed by atoms with Crippen molar-refractivity contribution in [2.45, 2.75) is 72.1 Å². The van der Waals surface area contributed by atoms with Crippen LogP contribution in [-0.4, -0.2) is 11.2 Å². The predicted octanol–water partition coefficient (Wildman–Crippen LogP) is 4.91. The van der Waals surface area contributed by atoms with E-state index in [2.05, 4.69) is 39.5 Å². The molecule has 0 aliphatic heterocycles. The fourth-order valence-corrected chi connectivity index (χ4v) is 2.81. The Kier molecular flexibility index (Phi) is 6.41. The summed E-state index contributed by atoms with van der Waals surface area (Å²) < 4.78 is 0. The summed E-state index contributed by atoms with van der Waals surface area (Å²) >= 11 is 0. The van der Waals surface area contributed by atoms with Crippen LogP contribution in [0, 0.1) is 0 Å². The van der Waals surface area contributed by atoms with E-state index >= 15 is 0 Å². The van der Waals surface area contributed by atoms with Gasteiger partial charge in [-0.05, 0) is 47.4 Å². The lowest BCUT2D eigenvalue weighted by Gasteiger charge is -2.26. The zero-order chi connectivity index (χ0) is 16.0. The first-order valence-corrected chi connectivity index (χ1v) is 7.87. The molecule has 0 saturated carbocycles. The Morgan fingerprint density at radius 3 is 2.24 bits per heavy atom. The van der Waals surface area contributed by atoms with Gasteiger partial charge in [-0.15, -0.1) is 0 Å². The van der Waals surface area contributed by atoms with Crippen LogP contribution in [-0.2, 0) is 23.1 Å². The van der Waals surface area contributed by atoms with Gasteiger partial charge in [-0.2, -0.15) is 5.26 Å². The zero-order valence-corrected chi connectivity index (χ0v) is 14.0. The Morgan fingerprint density at radius 1 is 1.10 bits per heavy atom. The molecule has 0 fully saturated rings. The molecule has 0 atom stereocenters. The molecule has 0 unspecified atom stereocenters. The fourth-order valence-electron chi connectivity index (χ4n) is 2.81. The molecule has 0 spiro atoms. The molecule has 0 saturated heterocycles. The molecule has 0 aliphatic carbocycles. The third-order valence-electron chi connectivity index (χ3n) is 3.82. The summed E-state index contributed by atoms with van der Waals surface area (Å²) in [5, 5.41) is 8.74. The van der Waals surface area contributed by atoms with E-state index in [-0.39, 0.29) is 5.41 Å². The lowest BCUT2D eigenvalue weighted by molar-refractivity contribution is -0.182. The number of rotatable bonds is 6. The number of hydrogen-bond acceptors (Lipinski definition) is 3. The normalized spacial score (nSPS) is 11.5. The van der Waals surface area contributed by atoms with Gasteiger partial charge in [0, 0.05) is 0 Å². The van der Waals surface area contributed by atoms with E-state index in [1.54, 1.807) is 6.07 Å². The van der Waals surface area contributed by atoms with Crippen molar-refractivity contribution in [1.82, 2.24) is 0 Å². The van der Waals surface area contributed by atoms with E-state index in [0.29, 0.717) is 5.56 Å². The molecule has 1 rings (SSSR count). The quantitative estimate of drug-likeness (QED) is 0.598. The number of hydrogen-bond donors (Lipinski definition) is 1. The molecule has 0 bridgehead atoms. The molecule has 0 aromatic heterocycles. The number of carbonyl (C=O) groups excluding carboxylic acids is 1. The SMILES string of the molecule is CCCCc1c(C(=O)OO)ccc(C(C)(C)C)c1CCC. The number of carbonyl (C=O) groups is 1. The van der Waals surface area contributed by atoms with Crippen molar-refractivity contribution in [2.24, 2.45) is 0 Å². The summed E-state index contributed by atoms with van der Waals surface area (Å²) in [6.45, 7) is 10.9. The Morgan fingerprint density at radius 2 is 1.76 bits per heavy atom. The molecule has 1 N–H and O–H groups in total. The Bertz CT molecular complexity index is 484. The molecule has 3 nitrogen and oxygen atoms in total. The van der Waals surface area contributed by atoms with Gasteiger partial charge in [0.15, 0.2) is 0 Å². The Balaban J connectivity index is 3.49. The highest BCUT2D eigenvalue weighted by atomic mass is 17.1. The first-order valence-electron chi connectivity index (χ1n) is 7.87. The summed E-state index contributed by atoms with van der Waals surface area (Å²) in [7, 11) is 0. The third-order valence-corrected chi connectivity index (χ3v) is 3.82. The lowest BCUT2D eigenvalue weighted by Crippen LogP contribution is -2.18. The molecule has 0 aliphatic rings. The highest BCUT2D eigenvalue weighted by Gasteiger charge is 2.24. The van der Waals surface area contributed by atoms with Gasteiger partial charge < -0.3 is 0 Å². The van der Waals surface area contributed by atoms with Crippen LogP contribution in [0.2, 0.25) is 0 Å². The predicted molar refractivity (Wildman–Crippen MR) is 85.8 cm³/mol. The molecular weight excluding hydrogens is 264 g/mol. The van der Waals surface area contributed by atoms with Gasteiger partial charge >= 0.3 is 5.97 Å². The lowest BCUT2D eigenvalue weighted by atomic mass is 9.78. The summed E-state index contributed by atoms with van der Waals surface area (Å²) in [5.41, 5.74) is 4.12.